The Bertz CT molecular complexity index is 1030. The van der Waals surface area contributed by atoms with Crippen LogP contribution in [0.3, 0.4) is 0 Å². The van der Waals surface area contributed by atoms with Gasteiger partial charge in [0.2, 0.25) is 5.88 Å². The van der Waals surface area contributed by atoms with Crippen molar-refractivity contribution in [2.24, 2.45) is 11.8 Å². The van der Waals surface area contributed by atoms with Crippen molar-refractivity contribution in [2.75, 3.05) is 38.2 Å². The van der Waals surface area contributed by atoms with E-state index in [4.69, 9.17) is 9.47 Å². The predicted molar refractivity (Wildman–Crippen MR) is 115 cm³/mol. The molecule has 188 valence electrons. The number of benzene rings is 1. The molecule has 2 aliphatic rings. The van der Waals surface area contributed by atoms with Crippen molar-refractivity contribution in [3.63, 3.8) is 0 Å². The molecule has 0 saturated carbocycles. The largest absolute Gasteiger partial charge is 0.768 e. The molecular weight excluding hydrogens is 480 g/mol. The van der Waals surface area contributed by atoms with Gasteiger partial charge in [-0.15, -0.1) is 0 Å². The second-order valence-electron chi connectivity index (χ2n) is 8.10. The van der Waals surface area contributed by atoms with E-state index in [-0.39, 0.29) is 74.0 Å². The van der Waals surface area contributed by atoms with Gasteiger partial charge in [-0.3, -0.25) is 9.11 Å². The van der Waals surface area contributed by atoms with Crippen LogP contribution in [-0.2, 0) is 15.8 Å². The number of halogens is 4. The monoisotopic (exact) mass is 505 g/mol. The summed E-state index contributed by atoms with van der Waals surface area (Å²) >= 11 is -2.56. The lowest BCUT2D eigenvalue weighted by molar-refractivity contribution is -0.172. The molecular formula is C21H25F4N4O4S-. The van der Waals surface area contributed by atoms with Gasteiger partial charge in [-0.25, -0.2) is 14.4 Å². The van der Waals surface area contributed by atoms with Crippen LogP contribution in [0.2, 0.25) is 0 Å². The summed E-state index contributed by atoms with van der Waals surface area (Å²) in [5, 5.41) is 2.80. The Kier molecular flexibility index (Phi) is 8.11. The van der Waals surface area contributed by atoms with Crippen LogP contribution in [0.4, 0.5) is 29.1 Å². The molecule has 8 nitrogen and oxygen atoms in total. The van der Waals surface area contributed by atoms with Crippen molar-refractivity contribution in [1.82, 2.24) is 14.9 Å². The molecule has 0 spiro atoms. The van der Waals surface area contributed by atoms with E-state index in [1.807, 2.05) is 0 Å². The maximum absolute atomic E-state index is 14.3. The Balaban J connectivity index is 0.00000324. The number of fused-ring (bicyclic) bond motifs is 2. The highest BCUT2D eigenvalue weighted by molar-refractivity contribution is 7.79. The zero-order chi connectivity index (χ0) is 23.8. The zero-order valence-electron chi connectivity index (χ0n) is 17.5. The molecule has 2 fully saturated rings. The number of aromatic nitrogens is 2. The molecule has 0 aliphatic carbocycles. The van der Waals surface area contributed by atoms with Crippen molar-refractivity contribution in [2.45, 2.75) is 31.5 Å². The molecule has 34 heavy (non-hydrogen) atoms. The van der Waals surface area contributed by atoms with Gasteiger partial charge in [-0.1, -0.05) is 7.43 Å². The lowest BCUT2D eigenvalue weighted by atomic mass is 9.84. The Morgan fingerprint density at radius 3 is 2.53 bits per heavy atom. The minimum Gasteiger partial charge on any atom is -0.768 e. The van der Waals surface area contributed by atoms with E-state index < -0.39 is 29.6 Å². The van der Waals surface area contributed by atoms with Gasteiger partial charge in [-0.05, 0) is 36.2 Å². The molecule has 2 bridgehead atoms. The molecule has 3 unspecified atom stereocenters. The van der Waals surface area contributed by atoms with Gasteiger partial charge in [0.15, 0.2) is 0 Å². The molecule has 4 rings (SSSR count). The van der Waals surface area contributed by atoms with E-state index in [1.165, 1.54) is 23.4 Å². The quantitative estimate of drug-likeness (QED) is 0.471. The topological polar surface area (TPSA) is 99.6 Å². The summed E-state index contributed by atoms with van der Waals surface area (Å²) in [6.07, 6.45) is -3.43. The number of nitrogens with one attached hydrogen (secondary N) is 1. The van der Waals surface area contributed by atoms with Crippen LogP contribution >= 0.6 is 0 Å². The van der Waals surface area contributed by atoms with E-state index in [9.17, 15) is 26.3 Å². The molecule has 1 N–H and O–H groups in total. The Labute approximate surface area is 197 Å². The van der Waals surface area contributed by atoms with E-state index >= 15 is 0 Å². The van der Waals surface area contributed by atoms with Gasteiger partial charge in [-0.2, -0.15) is 13.2 Å². The molecule has 3 heterocycles. The minimum atomic E-state index is -4.27. The van der Waals surface area contributed by atoms with E-state index in [1.54, 1.807) is 6.92 Å². The molecule has 13 heteroatoms. The average Bonchev–Trinajstić information content (AvgIpc) is 2.71. The zero-order valence-corrected chi connectivity index (χ0v) is 18.3. The second-order valence-corrected chi connectivity index (χ2v) is 9.04. The molecule has 1 aromatic carbocycles. The van der Waals surface area contributed by atoms with Crippen LogP contribution in [0.15, 0.2) is 29.4 Å². The number of nitrogens with zero attached hydrogens (tertiary/aromatic N) is 3. The predicted octanol–water partition coefficient (Wildman–Crippen LogP) is 3.43. The van der Waals surface area contributed by atoms with Gasteiger partial charge in [0.25, 0.3) is 0 Å². The molecule has 2 saturated heterocycles. The molecule has 1 aromatic heterocycles. The first-order chi connectivity index (χ1) is 15.6. The first-order valence-corrected chi connectivity index (χ1v) is 11.2. The smallest absolute Gasteiger partial charge is 0.401 e. The summed E-state index contributed by atoms with van der Waals surface area (Å²) in [6.45, 7) is 1.63. The highest BCUT2D eigenvalue weighted by Gasteiger charge is 2.45. The average molecular weight is 506 g/mol. The fraction of sp³-hybridized carbons (Fsp3) is 0.524. The van der Waals surface area contributed by atoms with Gasteiger partial charge in [0.1, 0.15) is 24.1 Å². The van der Waals surface area contributed by atoms with Crippen molar-refractivity contribution in [3.8, 4) is 5.88 Å². The van der Waals surface area contributed by atoms with Crippen molar-refractivity contribution in [3.05, 3.63) is 35.9 Å². The number of likely N-dealkylation sites (tertiary alicyclic amines) is 1. The third-order valence-electron chi connectivity index (χ3n) is 5.65. The van der Waals surface area contributed by atoms with Gasteiger partial charge < -0.3 is 19.3 Å². The lowest BCUT2D eigenvalue weighted by Gasteiger charge is -2.46. The van der Waals surface area contributed by atoms with E-state index in [0.717, 1.165) is 6.07 Å². The summed E-state index contributed by atoms with van der Waals surface area (Å²) < 4.78 is 86.5. The Morgan fingerprint density at radius 2 is 1.94 bits per heavy atom. The molecule has 0 radical (unpaired) electrons. The fourth-order valence-corrected chi connectivity index (χ4v) is 4.59. The van der Waals surface area contributed by atoms with Crippen molar-refractivity contribution >= 4 is 22.6 Å². The van der Waals surface area contributed by atoms with Gasteiger partial charge >= 0.3 is 6.18 Å². The van der Waals surface area contributed by atoms with Gasteiger partial charge in [0.05, 0.1) is 31.0 Å². The maximum atomic E-state index is 14.3. The normalized spacial score (nSPS) is 23.6. The SMILES string of the molecule is C.Cc1c(Nc2ccc(S(=O)[O-])cc2F)ncnc1OC1C2COCC1CN(CC(F)(F)F)C2. The fourth-order valence-electron chi connectivity index (χ4n) is 4.21. The number of alkyl halides is 3. The van der Waals surface area contributed by atoms with Crippen LogP contribution in [0.1, 0.15) is 13.0 Å². The highest BCUT2D eigenvalue weighted by Crippen LogP contribution is 2.34. The van der Waals surface area contributed by atoms with Crippen LogP contribution in [0.5, 0.6) is 5.88 Å². The molecule has 0 amide bonds. The van der Waals surface area contributed by atoms with Crippen LogP contribution < -0.4 is 10.1 Å². The highest BCUT2D eigenvalue weighted by atomic mass is 32.2. The molecule has 3 atom stereocenters. The number of piperidine rings is 1. The van der Waals surface area contributed by atoms with E-state index in [0.29, 0.717) is 5.56 Å². The van der Waals surface area contributed by atoms with Crippen LogP contribution in [0.25, 0.3) is 0 Å². The summed E-state index contributed by atoms with van der Waals surface area (Å²) in [5.74, 6) is -0.810. The van der Waals surface area contributed by atoms with Crippen LogP contribution in [0, 0.1) is 24.6 Å². The lowest BCUT2D eigenvalue weighted by Crippen LogP contribution is -2.58. The summed E-state index contributed by atoms with van der Waals surface area (Å²) in [5.41, 5.74) is 0.493. The first-order valence-electron chi connectivity index (χ1n) is 10.1. The standard InChI is InChI=1S/C20H22F4N4O4S.CH4/c1-11-18(27-16-3-2-14(33(29)30)4-15(16)21)25-10-26-19(11)32-17-12-5-28(9-20(22,23)24)6-13(17)8-31-7-12;/h2-4,10,12-13,17H,5-9H2,1H3,(H,29,30)(H,25,26,27);1H4/p-1. The number of ether oxygens (including phenoxy) is 2. The third kappa shape index (κ3) is 6.01. The van der Waals surface area contributed by atoms with Gasteiger partial charge in [0, 0.05) is 29.8 Å². The maximum Gasteiger partial charge on any atom is 0.401 e. The van der Waals surface area contributed by atoms with E-state index in [2.05, 4.69) is 15.3 Å². The summed E-state index contributed by atoms with van der Waals surface area (Å²) in [4.78, 5) is 9.45. The van der Waals surface area contributed by atoms with Crippen molar-refractivity contribution in [1.29, 1.82) is 0 Å². The second kappa shape index (κ2) is 10.5. The number of hydrogen-bond acceptors (Lipinski definition) is 8. The molecule has 2 aliphatic heterocycles. The minimum absolute atomic E-state index is 0. The first kappa shape index (κ1) is 26.3. The summed E-state index contributed by atoms with van der Waals surface area (Å²) in [7, 11) is 0. The van der Waals surface area contributed by atoms with Crippen LogP contribution in [-0.4, -0.2) is 68.8 Å². The number of rotatable bonds is 6. The number of anilines is 2. The molecule has 2 aromatic rings. The third-order valence-corrected chi connectivity index (χ3v) is 6.29. The Morgan fingerprint density at radius 1 is 1.26 bits per heavy atom. The Hall–Kier alpha value is -2.35. The summed E-state index contributed by atoms with van der Waals surface area (Å²) in [6, 6.07) is 3.41. The van der Waals surface area contributed by atoms with Crippen molar-refractivity contribution < 1.29 is 35.8 Å². The number of hydrogen-bond donors (Lipinski definition) is 1.